The summed E-state index contributed by atoms with van der Waals surface area (Å²) in [4.78, 5) is 21.8. The summed E-state index contributed by atoms with van der Waals surface area (Å²) in [6.45, 7) is 5.15. The maximum atomic E-state index is 11.0. The van der Waals surface area contributed by atoms with Gasteiger partial charge in [-0.2, -0.15) is 0 Å². The average molecular weight is 209 g/mol. The Morgan fingerprint density at radius 1 is 1.43 bits per heavy atom. The zero-order valence-electron chi connectivity index (χ0n) is 9.03. The van der Waals surface area contributed by atoms with E-state index < -0.39 is 11.7 Å². The van der Waals surface area contributed by atoms with Gasteiger partial charge in [-0.15, -0.1) is 0 Å². The Bertz CT molecular complexity index is 233. The zero-order chi connectivity index (χ0) is 10.4. The Labute approximate surface area is 106 Å². The summed E-state index contributed by atoms with van der Waals surface area (Å²) in [5.41, 5.74) is 0. The Hall–Kier alpha value is -0.320. The summed E-state index contributed by atoms with van der Waals surface area (Å²) >= 11 is 0. The predicted molar refractivity (Wildman–Crippen MR) is 52.9 cm³/mol. The van der Waals surface area contributed by atoms with E-state index in [1.54, 1.807) is 20.8 Å². The van der Waals surface area contributed by atoms with Crippen LogP contribution in [0.1, 0.15) is 20.8 Å². The van der Waals surface area contributed by atoms with Crippen LogP contribution in [0, 0.1) is 5.92 Å². The largest absolute Gasteiger partial charge is 0.502 e. The molecular formula is C9H14NaO4. The van der Waals surface area contributed by atoms with Crippen molar-refractivity contribution in [3.63, 3.8) is 0 Å². The molecule has 0 fully saturated rings. The number of esters is 1. The molecule has 0 saturated carbocycles. The molecule has 5 heteroatoms. The standard InChI is InChI=1S/C9H14O4.Na/c1-4-13-9(12)8(11)5-7(10)6(2)3;/h5-6,11H,4H2,1-3H3;. The Morgan fingerprint density at radius 3 is 2.29 bits per heavy atom. The molecule has 0 aromatic rings. The molecule has 0 atom stereocenters. The van der Waals surface area contributed by atoms with E-state index in [0.29, 0.717) is 0 Å². The molecule has 1 radical (unpaired) electrons. The number of carbonyl (C=O) groups is 2. The van der Waals surface area contributed by atoms with Crippen molar-refractivity contribution in [3.8, 4) is 0 Å². The number of rotatable bonds is 4. The molecule has 4 nitrogen and oxygen atoms in total. The van der Waals surface area contributed by atoms with Crippen molar-refractivity contribution >= 4 is 41.3 Å². The molecule has 0 bridgehead atoms. The van der Waals surface area contributed by atoms with Crippen LogP contribution in [-0.4, -0.2) is 53.0 Å². The minimum Gasteiger partial charge on any atom is -0.502 e. The van der Waals surface area contributed by atoms with E-state index in [0.717, 1.165) is 6.08 Å². The molecule has 0 saturated heterocycles. The van der Waals surface area contributed by atoms with Crippen LogP contribution in [0.25, 0.3) is 0 Å². The summed E-state index contributed by atoms with van der Waals surface area (Å²) < 4.78 is 4.47. The van der Waals surface area contributed by atoms with E-state index in [1.165, 1.54) is 0 Å². The first-order chi connectivity index (χ1) is 5.99. The number of ketones is 1. The molecule has 0 aliphatic carbocycles. The molecule has 0 aliphatic rings. The second kappa shape index (κ2) is 8.03. The number of hydrogen-bond acceptors (Lipinski definition) is 4. The van der Waals surface area contributed by atoms with Gasteiger partial charge in [0.05, 0.1) is 6.61 Å². The van der Waals surface area contributed by atoms with E-state index in [-0.39, 0.29) is 47.9 Å². The van der Waals surface area contributed by atoms with Gasteiger partial charge >= 0.3 is 5.97 Å². The predicted octanol–water partition coefficient (Wildman–Crippen LogP) is 0.836. The van der Waals surface area contributed by atoms with Crippen LogP contribution < -0.4 is 0 Å². The molecule has 0 aromatic heterocycles. The summed E-state index contributed by atoms with van der Waals surface area (Å²) in [7, 11) is 0. The third-order valence-corrected chi connectivity index (χ3v) is 1.33. The second-order valence-corrected chi connectivity index (χ2v) is 2.81. The van der Waals surface area contributed by atoms with Gasteiger partial charge in [0.2, 0.25) is 5.76 Å². The van der Waals surface area contributed by atoms with Gasteiger partial charge in [-0.05, 0) is 6.92 Å². The summed E-state index contributed by atoms with van der Waals surface area (Å²) in [5, 5.41) is 9.03. The third-order valence-electron chi connectivity index (χ3n) is 1.33. The molecule has 0 aromatic carbocycles. The smallest absolute Gasteiger partial charge is 0.373 e. The molecule has 0 spiro atoms. The van der Waals surface area contributed by atoms with E-state index in [2.05, 4.69) is 4.74 Å². The van der Waals surface area contributed by atoms with E-state index in [9.17, 15) is 9.59 Å². The van der Waals surface area contributed by atoms with Crippen molar-refractivity contribution < 1.29 is 19.4 Å². The quantitative estimate of drug-likeness (QED) is 0.322. The van der Waals surface area contributed by atoms with Gasteiger partial charge in [0.25, 0.3) is 0 Å². The monoisotopic (exact) mass is 209 g/mol. The molecular weight excluding hydrogens is 195 g/mol. The van der Waals surface area contributed by atoms with Crippen LogP contribution in [0.3, 0.4) is 0 Å². The van der Waals surface area contributed by atoms with Gasteiger partial charge < -0.3 is 9.84 Å². The van der Waals surface area contributed by atoms with Crippen molar-refractivity contribution in [1.29, 1.82) is 0 Å². The summed E-state index contributed by atoms with van der Waals surface area (Å²) in [6.07, 6.45) is 0.892. The van der Waals surface area contributed by atoms with E-state index in [1.807, 2.05) is 0 Å². The van der Waals surface area contributed by atoms with Crippen LogP contribution in [0.15, 0.2) is 11.8 Å². The number of aliphatic hydroxyl groups excluding tert-OH is 1. The van der Waals surface area contributed by atoms with Crippen molar-refractivity contribution in [3.05, 3.63) is 11.8 Å². The van der Waals surface area contributed by atoms with Gasteiger partial charge in [0, 0.05) is 41.6 Å². The molecule has 0 amide bonds. The first kappa shape index (κ1) is 16.1. The Morgan fingerprint density at radius 2 is 1.93 bits per heavy atom. The molecule has 1 N–H and O–H groups in total. The van der Waals surface area contributed by atoms with Gasteiger partial charge in [-0.1, -0.05) is 13.8 Å². The SMILES string of the molecule is CCOC(=O)C(O)=CC(=O)C(C)C.[Na]. The third kappa shape index (κ3) is 6.18. The average Bonchev–Trinajstić information content (AvgIpc) is 2.04. The topological polar surface area (TPSA) is 63.6 Å². The maximum absolute atomic E-state index is 11.0. The fraction of sp³-hybridized carbons (Fsp3) is 0.556. The molecule has 75 valence electrons. The number of allylic oxidation sites excluding steroid dienone is 1. The van der Waals surface area contributed by atoms with E-state index >= 15 is 0 Å². The summed E-state index contributed by atoms with van der Waals surface area (Å²) in [6, 6.07) is 0. The first-order valence-corrected chi connectivity index (χ1v) is 4.10. The van der Waals surface area contributed by atoms with Crippen LogP contribution in [0.5, 0.6) is 0 Å². The molecule has 14 heavy (non-hydrogen) atoms. The Kier molecular flexibility index (Phi) is 9.24. The van der Waals surface area contributed by atoms with Crippen molar-refractivity contribution in [2.75, 3.05) is 6.61 Å². The molecule has 0 aliphatic heterocycles. The van der Waals surface area contributed by atoms with Crippen LogP contribution in [0.4, 0.5) is 0 Å². The van der Waals surface area contributed by atoms with Crippen LogP contribution in [0.2, 0.25) is 0 Å². The molecule has 0 heterocycles. The minimum absolute atomic E-state index is 0. The minimum atomic E-state index is -0.864. The van der Waals surface area contributed by atoms with Crippen molar-refractivity contribution in [2.24, 2.45) is 5.92 Å². The normalized spacial score (nSPS) is 10.7. The fourth-order valence-corrected chi connectivity index (χ4v) is 0.565. The number of ether oxygens (including phenoxy) is 1. The molecule has 0 rings (SSSR count). The maximum Gasteiger partial charge on any atom is 0.373 e. The van der Waals surface area contributed by atoms with Crippen LogP contribution in [-0.2, 0) is 14.3 Å². The van der Waals surface area contributed by atoms with Crippen molar-refractivity contribution in [1.82, 2.24) is 0 Å². The van der Waals surface area contributed by atoms with Gasteiger partial charge in [-0.3, -0.25) is 4.79 Å². The van der Waals surface area contributed by atoms with Crippen molar-refractivity contribution in [2.45, 2.75) is 20.8 Å². The number of hydrogen-bond donors (Lipinski definition) is 1. The number of aliphatic hydroxyl groups is 1. The van der Waals surface area contributed by atoms with Gasteiger partial charge in [0.15, 0.2) is 5.78 Å². The number of carbonyl (C=O) groups excluding carboxylic acids is 2. The van der Waals surface area contributed by atoms with E-state index in [4.69, 9.17) is 5.11 Å². The first-order valence-electron chi connectivity index (χ1n) is 4.10. The fourth-order valence-electron chi connectivity index (χ4n) is 0.565. The second-order valence-electron chi connectivity index (χ2n) is 2.81. The zero-order valence-corrected chi connectivity index (χ0v) is 11.0. The van der Waals surface area contributed by atoms with Gasteiger partial charge in [0.1, 0.15) is 0 Å². The van der Waals surface area contributed by atoms with Gasteiger partial charge in [-0.25, -0.2) is 4.79 Å². The summed E-state index contributed by atoms with van der Waals surface area (Å²) in [5.74, 6) is -2.04. The molecule has 0 unspecified atom stereocenters. The Balaban J connectivity index is 0. The van der Waals surface area contributed by atoms with Crippen LogP contribution >= 0.6 is 0 Å².